The average Bonchev–Trinajstić information content (AvgIpc) is 2.61. The molecule has 0 bridgehead atoms. The lowest BCUT2D eigenvalue weighted by atomic mass is 9.90. The van der Waals surface area contributed by atoms with Gasteiger partial charge in [-0.25, -0.2) is 14.8 Å². The molecule has 6 nitrogen and oxygen atoms in total. The molecule has 152 valence electrons. The summed E-state index contributed by atoms with van der Waals surface area (Å²) >= 11 is 3.55. The molecule has 1 aromatic heterocycles. The van der Waals surface area contributed by atoms with Crippen molar-refractivity contribution in [2.24, 2.45) is 0 Å². The standard InChI is InChI=1S/C21H29BrN4O2/c1-5-13-10-15(22)11-14-12-23-19(26-18(13)14)24-16-8-6-7-9-17(16)25-20(27)28-21(2,3)4/h10-12,16-17H,5-9H2,1-4H3,(H,25,27)(H,23,24,26)/t16-,17-/m0/s1. The van der Waals surface area contributed by atoms with E-state index in [0.29, 0.717) is 5.95 Å². The largest absolute Gasteiger partial charge is 0.444 e. The lowest BCUT2D eigenvalue weighted by Crippen LogP contribution is -2.50. The van der Waals surface area contributed by atoms with Crippen LogP contribution in [0, 0.1) is 0 Å². The van der Waals surface area contributed by atoms with Crippen LogP contribution in [0.25, 0.3) is 10.9 Å². The molecule has 1 aliphatic carbocycles. The Morgan fingerprint density at radius 1 is 1.25 bits per heavy atom. The van der Waals surface area contributed by atoms with Crippen molar-refractivity contribution in [3.8, 4) is 0 Å². The van der Waals surface area contributed by atoms with Gasteiger partial charge in [0.2, 0.25) is 5.95 Å². The first-order chi connectivity index (χ1) is 13.2. The number of halogens is 1. The monoisotopic (exact) mass is 448 g/mol. The quantitative estimate of drug-likeness (QED) is 0.671. The van der Waals surface area contributed by atoms with Crippen LogP contribution in [0.15, 0.2) is 22.8 Å². The highest BCUT2D eigenvalue weighted by molar-refractivity contribution is 9.10. The van der Waals surface area contributed by atoms with Crippen molar-refractivity contribution in [2.75, 3.05) is 5.32 Å². The first kappa shape index (κ1) is 20.8. The van der Waals surface area contributed by atoms with Crippen molar-refractivity contribution >= 4 is 38.9 Å². The van der Waals surface area contributed by atoms with Crippen LogP contribution in [-0.2, 0) is 11.2 Å². The van der Waals surface area contributed by atoms with Gasteiger partial charge < -0.3 is 15.4 Å². The average molecular weight is 449 g/mol. The van der Waals surface area contributed by atoms with Gasteiger partial charge in [-0.3, -0.25) is 0 Å². The predicted octanol–water partition coefficient (Wildman–Crippen LogP) is 5.20. The maximum Gasteiger partial charge on any atom is 0.407 e. The molecule has 28 heavy (non-hydrogen) atoms. The molecular weight excluding hydrogens is 420 g/mol. The molecule has 0 radical (unpaired) electrons. The molecule has 2 aromatic rings. The molecule has 1 aromatic carbocycles. The molecular formula is C21H29BrN4O2. The Hall–Kier alpha value is -1.89. The molecule has 1 aliphatic rings. The molecule has 2 atom stereocenters. The summed E-state index contributed by atoms with van der Waals surface area (Å²) in [6, 6.07) is 4.22. The Labute approximate surface area is 175 Å². The Kier molecular flexibility index (Phi) is 6.43. The summed E-state index contributed by atoms with van der Waals surface area (Å²) in [7, 11) is 0. The molecule has 0 saturated heterocycles. The number of hydrogen-bond donors (Lipinski definition) is 2. The first-order valence-electron chi connectivity index (χ1n) is 9.96. The van der Waals surface area contributed by atoms with E-state index < -0.39 is 5.60 Å². The number of carbonyl (C=O) groups excluding carboxylic acids is 1. The molecule has 0 spiro atoms. The Morgan fingerprint density at radius 2 is 1.96 bits per heavy atom. The van der Waals surface area contributed by atoms with Crippen LogP contribution in [-0.4, -0.2) is 33.7 Å². The summed E-state index contributed by atoms with van der Waals surface area (Å²) in [6.45, 7) is 7.74. The topological polar surface area (TPSA) is 76.1 Å². The van der Waals surface area contributed by atoms with E-state index in [1.165, 1.54) is 5.56 Å². The van der Waals surface area contributed by atoms with Crippen LogP contribution in [0.4, 0.5) is 10.7 Å². The number of fused-ring (bicyclic) bond motifs is 1. The van der Waals surface area contributed by atoms with Gasteiger partial charge >= 0.3 is 6.09 Å². The Morgan fingerprint density at radius 3 is 2.64 bits per heavy atom. The van der Waals surface area contributed by atoms with Gasteiger partial charge in [-0.05, 0) is 57.7 Å². The van der Waals surface area contributed by atoms with Gasteiger partial charge in [-0.1, -0.05) is 35.7 Å². The number of amides is 1. The van der Waals surface area contributed by atoms with E-state index in [9.17, 15) is 4.79 Å². The number of ether oxygens (including phenoxy) is 1. The molecule has 7 heteroatoms. The molecule has 0 unspecified atom stereocenters. The van der Waals surface area contributed by atoms with Gasteiger partial charge in [0.25, 0.3) is 0 Å². The van der Waals surface area contributed by atoms with Crippen molar-refractivity contribution in [2.45, 2.75) is 77.5 Å². The normalized spacial score (nSPS) is 20.0. The molecule has 1 heterocycles. The van der Waals surface area contributed by atoms with Crippen molar-refractivity contribution in [3.63, 3.8) is 0 Å². The molecule has 1 amide bonds. The van der Waals surface area contributed by atoms with Crippen molar-refractivity contribution in [3.05, 3.63) is 28.4 Å². The SMILES string of the molecule is CCc1cc(Br)cc2cnc(N[C@H]3CCCC[C@@H]3NC(=O)OC(C)(C)C)nc12. The van der Waals surface area contributed by atoms with E-state index in [-0.39, 0.29) is 18.2 Å². The molecule has 0 aliphatic heterocycles. The van der Waals surface area contributed by atoms with Crippen LogP contribution < -0.4 is 10.6 Å². The zero-order chi connectivity index (χ0) is 20.3. The third-order valence-electron chi connectivity index (χ3n) is 4.89. The van der Waals surface area contributed by atoms with E-state index in [0.717, 1.165) is 47.5 Å². The van der Waals surface area contributed by atoms with E-state index in [4.69, 9.17) is 9.72 Å². The summed E-state index contributed by atoms with van der Waals surface area (Å²) < 4.78 is 6.46. The zero-order valence-electron chi connectivity index (χ0n) is 17.0. The number of nitrogens with zero attached hydrogens (tertiary/aromatic N) is 2. The highest BCUT2D eigenvalue weighted by atomic mass is 79.9. The number of anilines is 1. The van der Waals surface area contributed by atoms with Crippen molar-refractivity contribution in [1.82, 2.24) is 15.3 Å². The third-order valence-corrected chi connectivity index (χ3v) is 5.35. The maximum atomic E-state index is 12.2. The summed E-state index contributed by atoms with van der Waals surface area (Å²) in [4.78, 5) is 21.5. The maximum absolute atomic E-state index is 12.2. The minimum absolute atomic E-state index is 0.00143. The number of nitrogens with one attached hydrogen (secondary N) is 2. The Balaban J connectivity index is 1.76. The van der Waals surface area contributed by atoms with Crippen LogP contribution in [0.2, 0.25) is 0 Å². The summed E-state index contributed by atoms with van der Waals surface area (Å²) in [5, 5.41) is 7.50. The van der Waals surface area contributed by atoms with Gasteiger partial charge in [0.15, 0.2) is 0 Å². The van der Waals surface area contributed by atoms with Crippen LogP contribution in [0.1, 0.15) is 58.9 Å². The minimum atomic E-state index is -0.506. The predicted molar refractivity (Wildman–Crippen MR) is 116 cm³/mol. The second-order valence-corrected chi connectivity index (χ2v) is 9.25. The summed E-state index contributed by atoms with van der Waals surface area (Å²) in [5.74, 6) is 0.604. The molecule has 3 rings (SSSR count). The van der Waals surface area contributed by atoms with Gasteiger partial charge in [-0.15, -0.1) is 0 Å². The van der Waals surface area contributed by atoms with Gasteiger partial charge in [0.05, 0.1) is 11.6 Å². The van der Waals surface area contributed by atoms with Crippen LogP contribution in [0.5, 0.6) is 0 Å². The van der Waals surface area contributed by atoms with Gasteiger partial charge in [-0.2, -0.15) is 0 Å². The molecule has 1 fully saturated rings. The van der Waals surface area contributed by atoms with Crippen molar-refractivity contribution in [1.29, 1.82) is 0 Å². The highest BCUT2D eigenvalue weighted by Crippen LogP contribution is 2.26. The lowest BCUT2D eigenvalue weighted by molar-refractivity contribution is 0.0488. The Bertz CT molecular complexity index is 850. The van der Waals surface area contributed by atoms with E-state index in [1.807, 2.05) is 33.0 Å². The van der Waals surface area contributed by atoms with Crippen LogP contribution in [0.3, 0.4) is 0 Å². The number of carbonyl (C=O) groups is 1. The second kappa shape index (κ2) is 8.64. The van der Waals surface area contributed by atoms with E-state index >= 15 is 0 Å². The van der Waals surface area contributed by atoms with E-state index in [2.05, 4.69) is 44.5 Å². The molecule has 2 N–H and O–H groups in total. The van der Waals surface area contributed by atoms with Gasteiger partial charge in [0.1, 0.15) is 5.60 Å². The number of aryl methyl sites for hydroxylation is 1. The number of aromatic nitrogens is 2. The lowest BCUT2D eigenvalue weighted by Gasteiger charge is -2.33. The van der Waals surface area contributed by atoms with Crippen molar-refractivity contribution < 1.29 is 9.53 Å². The van der Waals surface area contributed by atoms with E-state index in [1.54, 1.807) is 0 Å². The van der Waals surface area contributed by atoms with Gasteiger partial charge in [0, 0.05) is 22.1 Å². The fourth-order valence-electron chi connectivity index (χ4n) is 3.62. The fraction of sp³-hybridized carbons (Fsp3) is 0.571. The number of benzene rings is 1. The zero-order valence-corrected chi connectivity index (χ0v) is 18.6. The number of alkyl carbamates (subject to hydrolysis) is 1. The number of hydrogen-bond acceptors (Lipinski definition) is 5. The molecule has 1 saturated carbocycles. The minimum Gasteiger partial charge on any atom is -0.444 e. The fourth-order valence-corrected chi connectivity index (χ4v) is 4.14. The second-order valence-electron chi connectivity index (χ2n) is 8.34. The summed E-state index contributed by atoms with van der Waals surface area (Å²) in [5.41, 5.74) is 1.64. The van der Waals surface area contributed by atoms with Crippen LogP contribution >= 0.6 is 15.9 Å². The summed E-state index contributed by atoms with van der Waals surface area (Å²) in [6.07, 6.45) is 6.46. The third kappa shape index (κ3) is 5.34. The smallest absolute Gasteiger partial charge is 0.407 e. The first-order valence-corrected chi connectivity index (χ1v) is 10.8. The number of rotatable bonds is 4. The highest BCUT2D eigenvalue weighted by Gasteiger charge is 2.29.